The number of nitrogens with one attached hydrogen (secondary N) is 1. The van der Waals surface area contributed by atoms with Gasteiger partial charge in [0.05, 0.1) is 6.10 Å². The summed E-state index contributed by atoms with van der Waals surface area (Å²) < 4.78 is 5.56. The zero-order valence-electron chi connectivity index (χ0n) is 18.2. The van der Waals surface area contributed by atoms with Gasteiger partial charge < -0.3 is 15.0 Å². The van der Waals surface area contributed by atoms with Gasteiger partial charge in [0, 0.05) is 43.3 Å². The monoisotopic (exact) mass is 430 g/mol. The van der Waals surface area contributed by atoms with Crippen LogP contribution >= 0.6 is 0 Å². The number of amides is 2. The Morgan fingerprint density at radius 3 is 2.66 bits per heavy atom. The zero-order chi connectivity index (χ0) is 22.5. The molecule has 0 fully saturated rings. The second-order valence-corrected chi connectivity index (χ2v) is 7.99. The molecule has 0 bridgehead atoms. The highest BCUT2D eigenvalue weighted by atomic mass is 16.5. The van der Waals surface area contributed by atoms with E-state index in [-0.39, 0.29) is 17.9 Å². The van der Waals surface area contributed by atoms with Crippen molar-refractivity contribution in [1.82, 2.24) is 20.2 Å². The van der Waals surface area contributed by atoms with E-state index in [0.29, 0.717) is 31.0 Å². The summed E-state index contributed by atoms with van der Waals surface area (Å²) in [5, 5.41) is 2.96. The summed E-state index contributed by atoms with van der Waals surface area (Å²) in [6.45, 7) is 4.63. The van der Waals surface area contributed by atoms with E-state index in [1.54, 1.807) is 35.6 Å². The van der Waals surface area contributed by atoms with Crippen molar-refractivity contribution in [2.75, 3.05) is 6.54 Å². The molecule has 3 aromatic rings. The first-order valence-electron chi connectivity index (χ1n) is 10.7. The predicted octanol–water partition coefficient (Wildman–Crippen LogP) is 3.32. The molecule has 7 nitrogen and oxygen atoms in total. The highest BCUT2D eigenvalue weighted by Gasteiger charge is 2.40. The molecule has 32 heavy (non-hydrogen) atoms. The average molecular weight is 431 g/mol. The van der Waals surface area contributed by atoms with Crippen LogP contribution in [-0.2, 0) is 17.8 Å². The van der Waals surface area contributed by atoms with Gasteiger partial charge in [0.25, 0.3) is 5.91 Å². The van der Waals surface area contributed by atoms with E-state index in [9.17, 15) is 9.59 Å². The number of nitrogens with zero attached hydrogens (tertiary/aromatic N) is 3. The van der Waals surface area contributed by atoms with Crippen molar-refractivity contribution >= 4 is 11.8 Å². The van der Waals surface area contributed by atoms with E-state index < -0.39 is 6.04 Å². The molecule has 2 amide bonds. The Kier molecular flexibility index (Phi) is 6.44. The van der Waals surface area contributed by atoms with Crippen LogP contribution in [0.25, 0.3) is 0 Å². The summed E-state index contributed by atoms with van der Waals surface area (Å²) in [5.74, 6) is 0.213. The molecule has 0 saturated carbocycles. The van der Waals surface area contributed by atoms with E-state index in [2.05, 4.69) is 15.3 Å². The SMILES string of the molecule is CC(C)Oc1ccc(CNC(=O)C2c3ccccc3C(=O)N2CCc2cccnc2)cn1. The number of benzene rings is 1. The van der Waals surface area contributed by atoms with Crippen LogP contribution in [0, 0.1) is 0 Å². The Morgan fingerprint density at radius 2 is 1.94 bits per heavy atom. The topological polar surface area (TPSA) is 84.4 Å². The van der Waals surface area contributed by atoms with Gasteiger partial charge in [-0.2, -0.15) is 0 Å². The lowest BCUT2D eigenvalue weighted by Crippen LogP contribution is -2.39. The normalized spacial score (nSPS) is 15.0. The van der Waals surface area contributed by atoms with E-state index in [4.69, 9.17) is 4.74 Å². The standard InChI is InChI=1S/C25H26N4O3/c1-17(2)32-22-10-9-19(15-27-22)16-28-24(30)23-20-7-3-4-8-21(20)25(31)29(23)13-11-18-6-5-12-26-14-18/h3-10,12,14-15,17,23H,11,13,16H2,1-2H3,(H,28,30). The van der Waals surface area contributed by atoms with E-state index in [1.807, 2.05) is 50.2 Å². The van der Waals surface area contributed by atoms with Crippen LogP contribution in [-0.4, -0.2) is 39.3 Å². The van der Waals surface area contributed by atoms with Crippen molar-refractivity contribution in [3.05, 3.63) is 89.4 Å². The van der Waals surface area contributed by atoms with Gasteiger partial charge in [-0.3, -0.25) is 14.6 Å². The fraction of sp³-hybridized carbons (Fsp3) is 0.280. The third-order valence-electron chi connectivity index (χ3n) is 5.29. The second kappa shape index (κ2) is 9.60. The van der Waals surface area contributed by atoms with Crippen molar-refractivity contribution in [1.29, 1.82) is 0 Å². The van der Waals surface area contributed by atoms with Crippen LogP contribution < -0.4 is 10.1 Å². The minimum absolute atomic E-state index is 0.0469. The Labute approximate surface area is 187 Å². The molecule has 0 aliphatic carbocycles. The number of carbonyl (C=O) groups is 2. The van der Waals surface area contributed by atoms with Crippen LogP contribution in [0.4, 0.5) is 0 Å². The fourth-order valence-corrected chi connectivity index (χ4v) is 3.79. The summed E-state index contributed by atoms with van der Waals surface area (Å²) >= 11 is 0. The first-order chi connectivity index (χ1) is 15.5. The molecule has 1 unspecified atom stereocenters. The average Bonchev–Trinajstić information content (AvgIpc) is 3.09. The lowest BCUT2D eigenvalue weighted by molar-refractivity contribution is -0.125. The largest absolute Gasteiger partial charge is 0.475 e. The molecule has 164 valence electrons. The van der Waals surface area contributed by atoms with Crippen molar-refractivity contribution in [2.24, 2.45) is 0 Å². The maximum Gasteiger partial charge on any atom is 0.255 e. The molecule has 1 aliphatic heterocycles. The fourth-order valence-electron chi connectivity index (χ4n) is 3.79. The molecule has 0 saturated heterocycles. The Hall–Kier alpha value is -3.74. The molecule has 4 rings (SSSR count). The molecule has 0 spiro atoms. The summed E-state index contributed by atoms with van der Waals surface area (Å²) in [6, 6.07) is 14.1. The van der Waals surface area contributed by atoms with Crippen molar-refractivity contribution in [2.45, 2.75) is 39.0 Å². The molecule has 1 atom stereocenters. The smallest absolute Gasteiger partial charge is 0.255 e. The molecule has 1 aliphatic rings. The number of hydrogen-bond acceptors (Lipinski definition) is 5. The summed E-state index contributed by atoms with van der Waals surface area (Å²) in [4.78, 5) is 36.3. The minimum Gasteiger partial charge on any atom is -0.475 e. The quantitative estimate of drug-likeness (QED) is 0.593. The van der Waals surface area contributed by atoms with Crippen LogP contribution in [0.1, 0.15) is 46.9 Å². The third-order valence-corrected chi connectivity index (χ3v) is 5.29. The highest BCUT2D eigenvalue weighted by molar-refractivity contribution is 6.04. The number of hydrogen-bond donors (Lipinski definition) is 1. The lowest BCUT2D eigenvalue weighted by Gasteiger charge is -2.24. The van der Waals surface area contributed by atoms with Gasteiger partial charge in [-0.05, 0) is 49.1 Å². The minimum atomic E-state index is -0.660. The third kappa shape index (κ3) is 4.77. The number of carbonyl (C=O) groups excluding carboxylic acids is 2. The number of fused-ring (bicyclic) bond motifs is 1. The Bertz CT molecular complexity index is 1080. The molecular weight excluding hydrogens is 404 g/mol. The van der Waals surface area contributed by atoms with Gasteiger partial charge in [-0.1, -0.05) is 30.3 Å². The molecule has 7 heteroatoms. The summed E-state index contributed by atoms with van der Waals surface area (Å²) in [6.07, 6.45) is 5.85. The van der Waals surface area contributed by atoms with Crippen molar-refractivity contribution in [3.63, 3.8) is 0 Å². The van der Waals surface area contributed by atoms with Crippen molar-refractivity contribution < 1.29 is 14.3 Å². The second-order valence-electron chi connectivity index (χ2n) is 7.99. The van der Waals surface area contributed by atoms with Gasteiger partial charge in [-0.25, -0.2) is 4.98 Å². The number of pyridine rings is 2. The molecular formula is C25H26N4O3. The first-order valence-corrected chi connectivity index (χ1v) is 10.7. The lowest BCUT2D eigenvalue weighted by atomic mass is 10.0. The Balaban J connectivity index is 1.47. The van der Waals surface area contributed by atoms with Crippen LogP contribution in [0.5, 0.6) is 5.88 Å². The number of aromatic nitrogens is 2. The first kappa shape index (κ1) is 21.5. The molecule has 1 aromatic carbocycles. The van der Waals surface area contributed by atoms with E-state index in [0.717, 1.165) is 16.7 Å². The van der Waals surface area contributed by atoms with Gasteiger partial charge >= 0.3 is 0 Å². The van der Waals surface area contributed by atoms with E-state index >= 15 is 0 Å². The van der Waals surface area contributed by atoms with Gasteiger partial charge in [0.15, 0.2) is 0 Å². The predicted molar refractivity (Wildman–Crippen MR) is 120 cm³/mol. The maximum atomic E-state index is 13.2. The maximum absolute atomic E-state index is 13.2. The number of ether oxygens (including phenoxy) is 1. The van der Waals surface area contributed by atoms with Gasteiger partial charge in [0.2, 0.25) is 11.8 Å². The zero-order valence-corrected chi connectivity index (χ0v) is 18.2. The highest BCUT2D eigenvalue weighted by Crippen LogP contribution is 2.33. The summed E-state index contributed by atoms with van der Waals surface area (Å²) in [7, 11) is 0. The molecule has 3 heterocycles. The summed E-state index contributed by atoms with van der Waals surface area (Å²) in [5.41, 5.74) is 3.19. The molecule has 1 N–H and O–H groups in total. The van der Waals surface area contributed by atoms with Crippen LogP contribution in [0.15, 0.2) is 67.1 Å². The van der Waals surface area contributed by atoms with E-state index in [1.165, 1.54) is 0 Å². The van der Waals surface area contributed by atoms with Crippen LogP contribution in [0.2, 0.25) is 0 Å². The van der Waals surface area contributed by atoms with Crippen molar-refractivity contribution in [3.8, 4) is 5.88 Å². The molecule has 2 aromatic heterocycles. The molecule has 0 radical (unpaired) electrons. The Morgan fingerprint density at radius 1 is 1.09 bits per heavy atom. The van der Waals surface area contributed by atoms with Gasteiger partial charge in [0.1, 0.15) is 6.04 Å². The van der Waals surface area contributed by atoms with Crippen LogP contribution in [0.3, 0.4) is 0 Å². The number of rotatable bonds is 8. The van der Waals surface area contributed by atoms with Gasteiger partial charge in [-0.15, -0.1) is 0 Å².